The Morgan fingerprint density at radius 3 is 2.16 bits per heavy atom. The lowest BCUT2D eigenvalue weighted by molar-refractivity contribution is -0.205. The molecule has 8 aliphatic rings. The molecule has 0 spiro atoms. The zero-order valence-corrected chi connectivity index (χ0v) is 38.2. The summed E-state index contributed by atoms with van der Waals surface area (Å²) in [5.41, 5.74) is -3.29. The fourth-order valence-electron chi connectivity index (χ4n) is 15.3. The second-order valence-corrected chi connectivity index (χ2v) is 21.6. The van der Waals surface area contributed by atoms with Gasteiger partial charge in [-0.25, -0.2) is 0 Å². The summed E-state index contributed by atoms with van der Waals surface area (Å²) < 4.78 is 11.3. The Morgan fingerprint density at radius 1 is 0.839 bits per heavy atom. The Hall–Kier alpha value is -3.03. The number of hydrogen-bond acceptors (Lipinski definition) is 12. The molecule has 4 N–H and O–H groups in total. The van der Waals surface area contributed by atoms with Gasteiger partial charge in [-0.15, -0.1) is 11.6 Å². The molecule has 62 heavy (non-hydrogen) atoms. The van der Waals surface area contributed by atoms with Crippen molar-refractivity contribution in [2.75, 3.05) is 13.2 Å². The van der Waals surface area contributed by atoms with E-state index in [4.69, 9.17) is 21.1 Å². The van der Waals surface area contributed by atoms with E-state index >= 15 is 0 Å². The average Bonchev–Trinajstić information content (AvgIpc) is 3.62. The molecule has 0 radical (unpaired) electrons. The molecule has 0 aromatic rings. The van der Waals surface area contributed by atoms with Crippen molar-refractivity contribution in [3.8, 4) is 0 Å². The number of hydrogen-bond donors (Lipinski definition) is 4. The highest BCUT2D eigenvalue weighted by molar-refractivity contribution is 6.21. The number of esters is 2. The summed E-state index contributed by atoms with van der Waals surface area (Å²) in [6.07, 6.45) is 11.5. The van der Waals surface area contributed by atoms with Gasteiger partial charge in [0, 0.05) is 52.7 Å². The molecule has 0 aromatic heterocycles. The van der Waals surface area contributed by atoms with Gasteiger partial charge in [0.1, 0.15) is 12.2 Å². The molecule has 8 rings (SSSR count). The summed E-state index contributed by atoms with van der Waals surface area (Å²) in [5.74, 6) is -2.30. The second-order valence-electron chi connectivity index (χ2n) is 21.0. The van der Waals surface area contributed by atoms with Crippen LogP contribution in [0.25, 0.3) is 0 Å². The Morgan fingerprint density at radius 2 is 1.50 bits per heavy atom. The van der Waals surface area contributed by atoms with Crippen molar-refractivity contribution in [2.24, 2.45) is 63.1 Å². The van der Waals surface area contributed by atoms with Crippen LogP contribution in [0.4, 0.5) is 0 Å². The highest BCUT2D eigenvalue weighted by Gasteiger charge is 2.74. The first-order valence-electron chi connectivity index (χ1n) is 23.0. The Bertz CT molecular complexity index is 1990. The van der Waals surface area contributed by atoms with E-state index in [0.717, 1.165) is 31.3 Å². The van der Waals surface area contributed by atoms with E-state index in [9.17, 15) is 49.2 Å². The Balaban J connectivity index is 0.000000196. The first-order valence-corrected chi connectivity index (χ1v) is 23.4. The molecule has 0 aromatic carbocycles. The summed E-state index contributed by atoms with van der Waals surface area (Å²) in [6, 6.07) is 0. The third kappa shape index (κ3) is 6.80. The fourth-order valence-corrected chi connectivity index (χ4v) is 15.8. The maximum absolute atomic E-state index is 13.9. The number of allylic oxidation sites excluding steroid dienone is 5. The lowest BCUT2D eigenvalue weighted by Gasteiger charge is -2.61. The van der Waals surface area contributed by atoms with Gasteiger partial charge in [0.2, 0.25) is 5.78 Å². The first-order chi connectivity index (χ1) is 29.0. The standard InChI is InChI=1S/C28H37ClO7.C21H30O5/c1-6-22(33)35-14-21(32)28(36-23(34)7-2)15(3)10-18-24-19(29)12-16-11-17(30)8-9-26(16,4)25(24)20(31)13-27(18,28)5;1-19-7-5-13(23)9-12(19)3-4-14-15-6-8-21(26,17(25)11-22)20(15,2)10-16(24)18(14)19/h8-9,11,15,18-20,24-25,31H,6-7,10,12-14H2,1-5H3;9,14-16,18,22,24,26H,3-8,10-11H2,1-2H3/t15-,18+,19-,20+,24-,25+,26+,27+,28+;14-,15-,16-,18+,19-,20-,21-/m10/s1. The van der Waals surface area contributed by atoms with Gasteiger partial charge in [-0.1, -0.05) is 65.7 Å². The van der Waals surface area contributed by atoms with Crippen molar-refractivity contribution in [3.63, 3.8) is 0 Å². The lowest BCUT2D eigenvalue weighted by Crippen LogP contribution is -2.65. The van der Waals surface area contributed by atoms with Gasteiger partial charge in [-0.3, -0.25) is 28.8 Å². The molecule has 0 heterocycles. The van der Waals surface area contributed by atoms with Gasteiger partial charge < -0.3 is 29.9 Å². The summed E-state index contributed by atoms with van der Waals surface area (Å²) in [5, 5.41) is 43.1. The van der Waals surface area contributed by atoms with Crippen molar-refractivity contribution in [3.05, 3.63) is 35.5 Å². The number of fused-ring (bicyclic) bond motifs is 10. The highest BCUT2D eigenvalue weighted by Crippen LogP contribution is 2.71. The van der Waals surface area contributed by atoms with Crippen LogP contribution >= 0.6 is 11.6 Å². The monoisotopic (exact) mass is 882 g/mol. The number of aliphatic hydroxyl groups is 4. The minimum absolute atomic E-state index is 0.0697. The second kappa shape index (κ2) is 16.4. The highest BCUT2D eigenvalue weighted by atomic mass is 35.5. The van der Waals surface area contributed by atoms with E-state index in [2.05, 4.69) is 6.92 Å². The summed E-state index contributed by atoms with van der Waals surface area (Å²) >= 11 is 7.04. The molecule has 6 saturated carbocycles. The SMILES string of the molecule is CCC(=O)OCC(=O)[C@@]1(OC(=O)CC)[C@H](C)C[C@H]2[C@H]3[C@H]([C@@H](O)C[C@@]21C)[C@@]1(C)C=CC(=O)C=C1C[C@H]3Cl.C[C@]12CCC(=O)C=C1CC[C@@H]1[C@@H]2[C@@H](O)C[C@@]2(C)[C@H]1CC[C@]2(O)C(=O)CO. The molecule has 16 atom stereocenters. The van der Waals surface area contributed by atoms with E-state index in [1.807, 2.05) is 33.8 Å². The van der Waals surface area contributed by atoms with Gasteiger partial charge in [0.15, 0.2) is 29.6 Å². The average molecular weight is 884 g/mol. The van der Waals surface area contributed by atoms with Gasteiger partial charge in [-0.2, -0.15) is 0 Å². The molecule has 0 aliphatic heterocycles. The number of ketones is 4. The molecule has 0 bridgehead atoms. The minimum atomic E-state index is -1.54. The lowest BCUT2D eigenvalue weighted by atomic mass is 9.45. The minimum Gasteiger partial charge on any atom is -0.457 e. The van der Waals surface area contributed by atoms with Crippen molar-refractivity contribution < 1.29 is 58.7 Å². The van der Waals surface area contributed by atoms with Crippen LogP contribution in [0.2, 0.25) is 0 Å². The van der Waals surface area contributed by atoms with Crippen LogP contribution in [-0.2, 0) is 38.2 Å². The number of carbonyl (C=O) groups excluding carboxylic acids is 6. The zero-order chi connectivity index (χ0) is 45.5. The number of ether oxygens (including phenoxy) is 2. The van der Waals surface area contributed by atoms with Gasteiger partial charge in [-0.05, 0) is 111 Å². The number of rotatable bonds is 8. The molecular formula is C49H67ClO12. The Labute approximate surface area is 370 Å². The number of Topliss-reactive ketones (excluding diaryl/α,β-unsaturated/α-hetero) is 2. The van der Waals surface area contributed by atoms with Crippen LogP contribution in [0.1, 0.15) is 126 Å². The molecular weight excluding hydrogens is 816 g/mol. The van der Waals surface area contributed by atoms with E-state index < -0.39 is 76.4 Å². The number of halogens is 1. The van der Waals surface area contributed by atoms with Gasteiger partial charge >= 0.3 is 11.9 Å². The van der Waals surface area contributed by atoms with Crippen molar-refractivity contribution >= 4 is 46.7 Å². The van der Waals surface area contributed by atoms with E-state index in [1.54, 1.807) is 32.1 Å². The quantitative estimate of drug-likeness (QED) is 0.171. The third-order valence-corrected chi connectivity index (χ3v) is 18.8. The number of carbonyl (C=O) groups is 6. The van der Waals surface area contributed by atoms with Crippen LogP contribution in [0.3, 0.4) is 0 Å². The molecule has 342 valence electrons. The smallest absolute Gasteiger partial charge is 0.306 e. The van der Waals surface area contributed by atoms with E-state index in [1.165, 1.54) is 5.57 Å². The van der Waals surface area contributed by atoms with Crippen LogP contribution in [0, 0.1) is 63.1 Å². The topological polar surface area (TPSA) is 202 Å². The molecule has 8 aliphatic carbocycles. The van der Waals surface area contributed by atoms with Crippen molar-refractivity contribution in [1.82, 2.24) is 0 Å². The molecule has 0 saturated heterocycles. The van der Waals surface area contributed by atoms with Crippen LogP contribution < -0.4 is 0 Å². The maximum Gasteiger partial charge on any atom is 0.306 e. The van der Waals surface area contributed by atoms with Crippen LogP contribution in [0.5, 0.6) is 0 Å². The predicted molar refractivity (Wildman–Crippen MR) is 228 cm³/mol. The van der Waals surface area contributed by atoms with Crippen LogP contribution in [-0.4, -0.2) is 97.5 Å². The first kappa shape index (κ1) is 46.9. The van der Waals surface area contributed by atoms with E-state index in [0.29, 0.717) is 32.1 Å². The molecule has 0 unspecified atom stereocenters. The summed E-state index contributed by atoms with van der Waals surface area (Å²) in [6.45, 7) is 12.1. The predicted octanol–water partition coefficient (Wildman–Crippen LogP) is 5.72. The Kier molecular flexibility index (Phi) is 12.5. The molecule has 0 amide bonds. The van der Waals surface area contributed by atoms with Gasteiger partial charge in [0.05, 0.1) is 12.2 Å². The normalized spacial score (nSPS) is 46.2. The number of alkyl halides is 1. The molecule has 6 fully saturated rings. The molecule has 13 heteroatoms. The fraction of sp³-hybridized carbons (Fsp3) is 0.755. The van der Waals surface area contributed by atoms with Gasteiger partial charge in [0.25, 0.3) is 0 Å². The third-order valence-electron chi connectivity index (χ3n) is 18.3. The summed E-state index contributed by atoms with van der Waals surface area (Å²) in [4.78, 5) is 74.8. The zero-order valence-electron chi connectivity index (χ0n) is 37.4. The largest absolute Gasteiger partial charge is 0.457 e. The summed E-state index contributed by atoms with van der Waals surface area (Å²) in [7, 11) is 0. The van der Waals surface area contributed by atoms with Crippen molar-refractivity contribution in [1.29, 1.82) is 0 Å². The number of aliphatic hydroxyl groups excluding tert-OH is 3. The van der Waals surface area contributed by atoms with Crippen molar-refractivity contribution in [2.45, 2.75) is 154 Å². The van der Waals surface area contributed by atoms with E-state index in [-0.39, 0.29) is 83.0 Å². The maximum atomic E-state index is 13.9. The molecule has 12 nitrogen and oxygen atoms in total. The van der Waals surface area contributed by atoms with Crippen LogP contribution in [0.15, 0.2) is 35.5 Å².